The van der Waals surface area contributed by atoms with Gasteiger partial charge in [0.2, 0.25) is 0 Å². The summed E-state index contributed by atoms with van der Waals surface area (Å²) in [5.41, 5.74) is -0.689. The van der Waals surface area contributed by atoms with Crippen LogP contribution in [0.4, 0.5) is 4.79 Å². The smallest absolute Gasteiger partial charge is 0.317 e. The van der Waals surface area contributed by atoms with Gasteiger partial charge < -0.3 is 15.3 Å². The Morgan fingerprint density at radius 2 is 2.42 bits per heavy atom. The Labute approximate surface area is 71.9 Å². The number of β-amino-alcohol motifs (C(OH)–C–C–N with tert-alkyl or cyclic N) is 1. The molecule has 1 saturated heterocycles. The minimum atomic E-state index is -0.689. The summed E-state index contributed by atoms with van der Waals surface area (Å²) in [6.07, 6.45) is 1.62. The summed E-state index contributed by atoms with van der Waals surface area (Å²) in [5, 5.41) is 11.9. The molecule has 68 valence electrons. The van der Waals surface area contributed by atoms with E-state index in [0.29, 0.717) is 19.6 Å². The maximum Gasteiger partial charge on any atom is 0.317 e. The van der Waals surface area contributed by atoms with E-state index in [9.17, 15) is 9.90 Å². The van der Waals surface area contributed by atoms with Crippen LogP contribution in [-0.2, 0) is 0 Å². The molecule has 1 heterocycles. The average Bonchev–Trinajstić information content (AvgIpc) is 1.95. The molecule has 2 N–H and O–H groups in total. The molecule has 0 saturated carbocycles. The number of amides is 2. The Morgan fingerprint density at radius 1 is 1.83 bits per heavy atom. The number of aliphatic hydroxyl groups is 1. The fraction of sp³-hybridized carbons (Fsp3) is 0.625. The van der Waals surface area contributed by atoms with Crippen molar-refractivity contribution in [3.8, 4) is 0 Å². The molecule has 0 aromatic carbocycles. The van der Waals surface area contributed by atoms with Gasteiger partial charge in [-0.25, -0.2) is 4.79 Å². The van der Waals surface area contributed by atoms with Gasteiger partial charge in [0.25, 0.3) is 0 Å². The number of likely N-dealkylation sites (tertiary alicyclic amines) is 1. The molecule has 1 fully saturated rings. The topological polar surface area (TPSA) is 52.6 Å². The van der Waals surface area contributed by atoms with Crippen LogP contribution in [-0.4, -0.2) is 41.3 Å². The highest BCUT2D eigenvalue weighted by atomic mass is 16.3. The van der Waals surface area contributed by atoms with E-state index in [1.54, 1.807) is 17.9 Å². The van der Waals surface area contributed by atoms with Gasteiger partial charge in [-0.1, -0.05) is 6.08 Å². The molecule has 1 aliphatic heterocycles. The monoisotopic (exact) mass is 170 g/mol. The van der Waals surface area contributed by atoms with E-state index in [1.165, 1.54) is 0 Å². The second kappa shape index (κ2) is 3.15. The van der Waals surface area contributed by atoms with Crippen molar-refractivity contribution >= 4 is 6.03 Å². The van der Waals surface area contributed by atoms with Gasteiger partial charge in [-0.15, -0.1) is 6.58 Å². The third kappa shape index (κ3) is 1.98. The third-order valence-electron chi connectivity index (χ3n) is 1.75. The Morgan fingerprint density at radius 3 is 2.83 bits per heavy atom. The predicted molar refractivity (Wildman–Crippen MR) is 45.8 cm³/mol. The number of urea groups is 1. The first-order valence-electron chi connectivity index (χ1n) is 3.91. The summed E-state index contributed by atoms with van der Waals surface area (Å²) in [7, 11) is 0. The second-order valence-electron chi connectivity index (χ2n) is 3.33. The van der Waals surface area contributed by atoms with Gasteiger partial charge in [0.05, 0.1) is 18.7 Å². The number of carbonyl (C=O) groups excluding carboxylic acids is 1. The lowest BCUT2D eigenvalue weighted by molar-refractivity contribution is -0.0605. The molecule has 1 rings (SSSR count). The van der Waals surface area contributed by atoms with Crippen LogP contribution < -0.4 is 5.32 Å². The summed E-state index contributed by atoms with van der Waals surface area (Å²) in [5.74, 6) is 0. The first-order valence-corrected chi connectivity index (χ1v) is 3.91. The molecule has 4 heteroatoms. The molecule has 0 bridgehead atoms. The molecule has 0 aliphatic carbocycles. The van der Waals surface area contributed by atoms with E-state index in [2.05, 4.69) is 11.9 Å². The van der Waals surface area contributed by atoms with Crippen LogP contribution in [0.15, 0.2) is 12.7 Å². The Bertz CT molecular complexity index is 193. The largest absolute Gasteiger partial charge is 0.386 e. The van der Waals surface area contributed by atoms with Crippen molar-refractivity contribution in [2.24, 2.45) is 0 Å². The third-order valence-corrected chi connectivity index (χ3v) is 1.75. The van der Waals surface area contributed by atoms with E-state index in [4.69, 9.17) is 0 Å². The number of nitrogens with zero attached hydrogens (tertiary/aromatic N) is 1. The molecular formula is C8H14N2O2. The zero-order valence-electron chi connectivity index (χ0n) is 7.21. The van der Waals surface area contributed by atoms with Crippen molar-refractivity contribution in [2.75, 3.05) is 19.6 Å². The van der Waals surface area contributed by atoms with Crippen LogP contribution in [0.5, 0.6) is 0 Å². The summed E-state index contributed by atoms with van der Waals surface area (Å²) in [6.45, 7) is 6.49. The van der Waals surface area contributed by atoms with Gasteiger partial charge in [0.15, 0.2) is 0 Å². The molecule has 0 aromatic rings. The van der Waals surface area contributed by atoms with E-state index < -0.39 is 5.60 Å². The molecule has 2 amide bonds. The predicted octanol–water partition coefficient (Wildman–Crippen LogP) is -0.0514. The quantitative estimate of drug-likeness (QED) is 0.571. The summed E-state index contributed by atoms with van der Waals surface area (Å²) >= 11 is 0. The Balaban J connectivity index is 2.24. The fourth-order valence-electron chi connectivity index (χ4n) is 1.19. The van der Waals surface area contributed by atoms with E-state index >= 15 is 0 Å². The molecule has 4 nitrogen and oxygen atoms in total. The molecule has 1 aliphatic rings. The van der Waals surface area contributed by atoms with E-state index in [1.807, 2.05) is 0 Å². The van der Waals surface area contributed by atoms with Crippen LogP contribution in [0.25, 0.3) is 0 Å². The number of rotatable bonds is 2. The maximum absolute atomic E-state index is 11.1. The number of carbonyl (C=O) groups is 1. The molecule has 0 atom stereocenters. The van der Waals surface area contributed by atoms with Gasteiger partial charge >= 0.3 is 6.03 Å². The highest BCUT2D eigenvalue weighted by molar-refractivity contribution is 5.75. The number of nitrogens with one attached hydrogen (secondary N) is 1. The molecule has 12 heavy (non-hydrogen) atoms. The van der Waals surface area contributed by atoms with Gasteiger partial charge in [0.1, 0.15) is 0 Å². The van der Waals surface area contributed by atoms with Crippen molar-refractivity contribution < 1.29 is 9.90 Å². The van der Waals surface area contributed by atoms with Crippen molar-refractivity contribution in [3.63, 3.8) is 0 Å². The minimum absolute atomic E-state index is 0.138. The lowest BCUT2D eigenvalue weighted by atomic mass is 9.98. The highest BCUT2D eigenvalue weighted by Crippen LogP contribution is 2.18. The maximum atomic E-state index is 11.1. The van der Waals surface area contributed by atoms with Gasteiger partial charge in [-0.05, 0) is 6.92 Å². The lowest BCUT2D eigenvalue weighted by Gasteiger charge is -2.43. The van der Waals surface area contributed by atoms with E-state index in [0.717, 1.165) is 0 Å². The van der Waals surface area contributed by atoms with Crippen molar-refractivity contribution in [2.45, 2.75) is 12.5 Å². The van der Waals surface area contributed by atoms with E-state index in [-0.39, 0.29) is 6.03 Å². The summed E-state index contributed by atoms with van der Waals surface area (Å²) in [6, 6.07) is -0.138. The normalized spacial score (nSPS) is 19.7. The SMILES string of the molecule is C=CCNC(=O)N1CC(C)(O)C1. The fourth-order valence-corrected chi connectivity index (χ4v) is 1.19. The van der Waals surface area contributed by atoms with Crippen LogP contribution in [0.1, 0.15) is 6.92 Å². The van der Waals surface area contributed by atoms with Crippen LogP contribution in [0.2, 0.25) is 0 Å². The second-order valence-corrected chi connectivity index (χ2v) is 3.33. The van der Waals surface area contributed by atoms with Crippen LogP contribution in [0.3, 0.4) is 0 Å². The summed E-state index contributed by atoms with van der Waals surface area (Å²) in [4.78, 5) is 12.7. The first kappa shape index (κ1) is 9.06. The standard InChI is InChI=1S/C8H14N2O2/c1-3-4-9-7(11)10-5-8(2,12)6-10/h3,12H,1,4-6H2,2H3,(H,9,11). The van der Waals surface area contributed by atoms with Gasteiger partial charge in [-0.3, -0.25) is 0 Å². The average molecular weight is 170 g/mol. The highest BCUT2D eigenvalue weighted by Gasteiger charge is 2.39. The number of hydrogen-bond donors (Lipinski definition) is 2. The summed E-state index contributed by atoms with van der Waals surface area (Å²) < 4.78 is 0. The molecule has 0 aromatic heterocycles. The van der Waals surface area contributed by atoms with Crippen molar-refractivity contribution in [1.29, 1.82) is 0 Å². The van der Waals surface area contributed by atoms with Crippen LogP contribution in [0, 0.1) is 0 Å². The Hall–Kier alpha value is -1.03. The number of hydrogen-bond acceptors (Lipinski definition) is 2. The zero-order valence-corrected chi connectivity index (χ0v) is 7.21. The molecule has 0 radical (unpaired) electrons. The Kier molecular flexibility index (Phi) is 2.38. The first-order chi connectivity index (χ1) is 5.55. The van der Waals surface area contributed by atoms with Crippen LogP contribution >= 0.6 is 0 Å². The van der Waals surface area contributed by atoms with Gasteiger partial charge in [0, 0.05) is 6.54 Å². The van der Waals surface area contributed by atoms with Crippen molar-refractivity contribution in [3.05, 3.63) is 12.7 Å². The lowest BCUT2D eigenvalue weighted by Crippen LogP contribution is -2.63. The van der Waals surface area contributed by atoms with Gasteiger partial charge in [-0.2, -0.15) is 0 Å². The molecular weight excluding hydrogens is 156 g/mol. The molecule has 0 spiro atoms. The zero-order chi connectivity index (χ0) is 9.19. The molecule has 0 unspecified atom stereocenters. The minimum Gasteiger partial charge on any atom is -0.386 e. The van der Waals surface area contributed by atoms with Crippen molar-refractivity contribution in [1.82, 2.24) is 10.2 Å².